The van der Waals surface area contributed by atoms with E-state index >= 15 is 0 Å². The maximum atomic E-state index is 12.6. The van der Waals surface area contributed by atoms with Crippen LogP contribution in [0.1, 0.15) is 32.1 Å². The third-order valence-corrected chi connectivity index (χ3v) is 4.33. The first-order valence-corrected chi connectivity index (χ1v) is 8.51. The summed E-state index contributed by atoms with van der Waals surface area (Å²) in [7, 11) is 1.49. The van der Waals surface area contributed by atoms with Crippen LogP contribution in [-0.4, -0.2) is 23.5 Å². The van der Waals surface area contributed by atoms with Gasteiger partial charge in [-0.15, -0.1) is 0 Å². The highest BCUT2D eigenvalue weighted by Gasteiger charge is 2.18. The molecule has 2 aromatic carbocycles. The fraction of sp³-hybridized carbons (Fsp3) is 0.143. The average molecular weight is 363 g/mol. The molecule has 0 aliphatic carbocycles. The number of hydrogen-bond acceptors (Lipinski definition) is 3. The molecular weight excluding hydrogens is 342 g/mol. The molecule has 3 rings (SSSR count). The van der Waals surface area contributed by atoms with E-state index in [1.807, 2.05) is 48.7 Å². The molecule has 0 saturated carbocycles. The molecule has 0 spiro atoms. The lowest BCUT2D eigenvalue weighted by atomic mass is 10.2. The Balaban J connectivity index is 1.77. The van der Waals surface area contributed by atoms with E-state index in [1.165, 1.54) is 7.11 Å². The largest absolute Gasteiger partial charge is 0.496 e. The Kier molecular flexibility index (Phi) is 5.26. The summed E-state index contributed by atoms with van der Waals surface area (Å²) in [5.74, 6) is -0.391. The maximum Gasteiger partial charge on any atom is 0.273 e. The second-order valence-electron chi connectivity index (χ2n) is 6.06. The van der Waals surface area contributed by atoms with Crippen LogP contribution in [0.5, 0.6) is 5.75 Å². The van der Waals surface area contributed by atoms with E-state index in [0.29, 0.717) is 16.9 Å². The molecule has 0 aliphatic rings. The van der Waals surface area contributed by atoms with Crippen molar-refractivity contribution >= 4 is 11.8 Å². The van der Waals surface area contributed by atoms with Crippen LogP contribution < -0.4 is 15.6 Å². The van der Waals surface area contributed by atoms with Crippen LogP contribution in [-0.2, 0) is 0 Å². The van der Waals surface area contributed by atoms with E-state index in [-0.39, 0.29) is 5.91 Å². The Morgan fingerprint density at radius 2 is 1.44 bits per heavy atom. The quantitative estimate of drug-likeness (QED) is 0.700. The first kappa shape index (κ1) is 18.3. The number of nitrogens with one attached hydrogen (secondary N) is 2. The summed E-state index contributed by atoms with van der Waals surface area (Å²) in [6.45, 7) is 3.81. The third-order valence-electron chi connectivity index (χ3n) is 4.33. The Bertz CT molecular complexity index is 978. The Morgan fingerprint density at radius 1 is 0.852 bits per heavy atom. The summed E-state index contributed by atoms with van der Waals surface area (Å²) in [4.78, 5) is 24.9. The molecule has 0 unspecified atom stereocenters. The number of aromatic nitrogens is 1. The Morgan fingerprint density at radius 3 is 2.11 bits per heavy atom. The van der Waals surface area contributed by atoms with Crippen molar-refractivity contribution in [1.82, 2.24) is 15.4 Å². The van der Waals surface area contributed by atoms with Crippen molar-refractivity contribution in [3.8, 4) is 11.4 Å². The van der Waals surface area contributed by atoms with Gasteiger partial charge in [-0.05, 0) is 44.2 Å². The van der Waals surface area contributed by atoms with Gasteiger partial charge in [0.05, 0.1) is 18.2 Å². The van der Waals surface area contributed by atoms with E-state index in [0.717, 1.165) is 17.1 Å². The van der Waals surface area contributed by atoms with Gasteiger partial charge in [-0.3, -0.25) is 20.4 Å². The maximum absolute atomic E-state index is 12.6. The van der Waals surface area contributed by atoms with E-state index in [2.05, 4.69) is 10.9 Å². The van der Waals surface area contributed by atoms with Crippen LogP contribution in [0.25, 0.3) is 5.69 Å². The van der Waals surface area contributed by atoms with Crippen LogP contribution in [0.3, 0.4) is 0 Å². The van der Waals surface area contributed by atoms with Crippen molar-refractivity contribution in [2.24, 2.45) is 0 Å². The molecule has 0 saturated heterocycles. The lowest BCUT2D eigenvalue weighted by Gasteiger charge is -2.11. The molecule has 2 N–H and O–H groups in total. The summed E-state index contributed by atoms with van der Waals surface area (Å²) in [6.07, 6.45) is 0. The van der Waals surface area contributed by atoms with Gasteiger partial charge in [0, 0.05) is 17.1 Å². The Hall–Kier alpha value is -3.54. The average Bonchev–Trinajstić information content (AvgIpc) is 3.00. The van der Waals surface area contributed by atoms with Crippen LogP contribution in [0.4, 0.5) is 0 Å². The molecule has 0 aliphatic heterocycles. The minimum atomic E-state index is -0.447. The zero-order chi connectivity index (χ0) is 19.4. The van der Waals surface area contributed by atoms with Crippen LogP contribution in [0, 0.1) is 13.8 Å². The second kappa shape index (κ2) is 7.78. The summed E-state index contributed by atoms with van der Waals surface area (Å²) in [6, 6.07) is 18.4. The minimum absolute atomic E-state index is 0.343. The number of benzene rings is 2. The monoisotopic (exact) mass is 363 g/mol. The zero-order valence-corrected chi connectivity index (χ0v) is 15.4. The number of rotatable bonds is 4. The first-order valence-electron chi connectivity index (χ1n) is 8.51. The summed E-state index contributed by atoms with van der Waals surface area (Å²) in [5, 5.41) is 0. The molecule has 6 nitrogen and oxygen atoms in total. The number of nitrogens with zero attached hydrogens (tertiary/aromatic N) is 1. The predicted octanol–water partition coefficient (Wildman–Crippen LogP) is 3.18. The third kappa shape index (κ3) is 3.69. The van der Waals surface area contributed by atoms with Crippen molar-refractivity contribution < 1.29 is 14.3 Å². The van der Waals surface area contributed by atoms with Crippen molar-refractivity contribution in [3.05, 3.63) is 83.2 Å². The summed E-state index contributed by atoms with van der Waals surface area (Å²) in [5.41, 5.74) is 8.45. The van der Waals surface area contributed by atoms with E-state index in [4.69, 9.17) is 4.74 Å². The molecule has 1 aromatic heterocycles. The fourth-order valence-electron chi connectivity index (χ4n) is 3.05. The van der Waals surface area contributed by atoms with Gasteiger partial charge < -0.3 is 9.30 Å². The van der Waals surface area contributed by atoms with Gasteiger partial charge >= 0.3 is 0 Å². The van der Waals surface area contributed by atoms with Gasteiger partial charge in [-0.2, -0.15) is 0 Å². The first-order chi connectivity index (χ1) is 13.0. The molecule has 0 fully saturated rings. The highest BCUT2D eigenvalue weighted by atomic mass is 16.5. The minimum Gasteiger partial charge on any atom is -0.496 e. The van der Waals surface area contributed by atoms with Gasteiger partial charge in [-0.1, -0.05) is 30.3 Å². The molecule has 0 radical (unpaired) electrons. The molecule has 138 valence electrons. The van der Waals surface area contributed by atoms with Crippen LogP contribution in [0.2, 0.25) is 0 Å². The summed E-state index contributed by atoms with van der Waals surface area (Å²) >= 11 is 0. The molecule has 0 bridgehead atoms. The van der Waals surface area contributed by atoms with Crippen molar-refractivity contribution in [2.45, 2.75) is 13.8 Å². The molecule has 6 heteroatoms. The van der Waals surface area contributed by atoms with Crippen LogP contribution >= 0.6 is 0 Å². The van der Waals surface area contributed by atoms with Crippen LogP contribution in [0.15, 0.2) is 60.7 Å². The lowest BCUT2D eigenvalue weighted by Crippen LogP contribution is -2.41. The molecule has 0 atom stereocenters. The molecule has 2 amide bonds. The number of para-hydroxylation sites is 2. The number of hydrazine groups is 1. The van der Waals surface area contributed by atoms with Crippen molar-refractivity contribution in [2.75, 3.05) is 7.11 Å². The fourth-order valence-corrected chi connectivity index (χ4v) is 3.05. The number of carbonyl (C=O) groups is 2. The van der Waals surface area contributed by atoms with E-state index < -0.39 is 5.91 Å². The number of ether oxygens (including phenoxy) is 1. The standard InChI is InChI=1S/C21H21N3O3/c1-14-13-18(15(2)24(14)16-9-5-4-6-10-16)21(26)23-22-20(25)17-11-7-8-12-19(17)27-3/h4-13H,1-3H3,(H,22,25)(H,23,26). The predicted molar refractivity (Wildman–Crippen MR) is 103 cm³/mol. The number of aryl methyl sites for hydroxylation is 1. The van der Waals surface area contributed by atoms with Gasteiger partial charge in [0.2, 0.25) is 0 Å². The van der Waals surface area contributed by atoms with Crippen molar-refractivity contribution in [1.29, 1.82) is 0 Å². The number of carbonyl (C=O) groups excluding carboxylic acids is 2. The molecule has 3 aromatic rings. The normalized spacial score (nSPS) is 10.3. The van der Waals surface area contributed by atoms with Gasteiger partial charge in [0.1, 0.15) is 5.75 Å². The van der Waals surface area contributed by atoms with E-state index in [1.54, 1.807) is 30.3 Å². The summed E-state index contributed by atoms with van der Waals surface area (Å²) < 4.78 is 7.17. The highest BCUT2D eigenvalue weighted by molar-refractivity contribution is 6.01. The number of amides is 2. The smallest absolute Gasteiger partial charge is 0.273 e. The van der Waals surface area contributed by atoms with Gasteiger partial charge in [0.25, 0.3) is 11.8 Å². The second-order valence-corrected chi connectivity index (χ2v) is 6.06. The highest BCUT2D eigenvalue weighted by Crippen LogP contribution is 2.21. The lowest BCUT2D eigenvalue weighted by molar-refractivity contribution is 0.0844. The molecule has 27 heavy (non-hydrogen) atoms. The SMILES string of the molecule is COc1ccccc1C(=O)NNC(=O)c1cc(C)n(-c2ccccc2)c1C. The number of methoxy groups -OCH3 is 1. The molecular formula is C21H21N3O3. The van der Waals surface area contributed by atoms with Crippen molar-refractivity contribution in [3.63, 3.8) is 0 Å². The number of hydrogen-bond donors (Lipinski definition) is 2. The molecule has 1 heterocycles. The Labute approximate surface area is 157 Å². The topological polar surface area (TPSA) is 72.4 Å². The van der Waals surface area contributed by atoms with E-state index in [9.17, 15) is 9.59 Å². The van der Waals surface area contributed by atoms with Gasteiger partial charge in [0.15, 0.2) is 0 Å². The van der Waals surface area contributed by atoms with Gasteiger partial charge in [-0.25, -0.2) is 0 Å². The zero-order valence-electron chi connectivity index (χ0n) is 15.4.